The molecule has 5 nitrogen and oxygen atoms in total. The normalized spacial score (nSPS) is 21.5. The van der Waals surface area contributed by atoms with Crippen LogP contribution in [0.25, 0.3) is 0 Å². The van der Waals surface area contributed by atoms with Gasteiger partial charge in [-0.25, -0.2) is 0 Å². The van der Waals surface area contributed by atoms with Crippen molar-refractivity contribution >= 4 is 0 Å². The molecular weight excluding hydrogens is 214 g/mol. The molecule has 1 saturated heterocycles. The average Bonchev–Trinajstić information content (AvgIpc) is 2.78. The molecule has 2 aliphatic rings. The summed E-state index contributed by atoms with van der Waals surface area (Å²) >= 11 is 0. The Morgan fingerprint density at radius 2 is 2.06 bits per heavy atom. The van der Waals surface area contributed by atoms with E-state index in [-0.39, 0.29) is 0 Å². The van der Waals surface area contributed by atoms with Gasteiger partial charge in [-0.1, -0.05) is 0 Å². The number of nitrogens with zero attached hydrogens (tertiary/aromatic N) is 2. The zero-order valence-electron chi connectivity index (χ0n) is 10.2. The fourth-order valence-electron chi connectivity index (χ4n) is 2.96. The zero-order valence-corrected chi connectivity index (χ0v) is 10.2. The van der Waals surface area contributed by atoms with Crippen LogP contribution in [0.3, 0.4) is 0 Å². The van der Waals surface area contributed by atoms with Crippen LogP contribution in [0.5, 0.6) is 0 Å². The fourth-order valence-corrected chi connectivity index (χ4v) is 2.96. The maximum absolute atomic E-state index is 5.80. The molecule has 1 aromatic rings. The topological polar surface area (TPSA) is 67.9 Å². The lowest BCUT2D eigenvalue weighted by Gasteiger charge is -2.26. The second-order valence-electron chi connectivity index (χ2n) is 4.93. The first kappa shape index (κ1) is 11.2. The summed E-state index contributed by atoms with van der Waals surface area (Å²) in [5.41, 5.74) is 9.67. The van der Waals surface area contributed by atoms with Crippen LogP contribution >= 0.6 is 0 Å². The standard InChI is InChI=1S/C12H21N5/c13-7-11-10-8-15-6-3-12(10)17(16-11)9-1-4-14-5-2-9/h9,14-15H,1-8,13H2. The van der Waals surface area contributed by atoms with Crippen molar-refractivity contribution in [1.29, 1.82) is 0 Å². The highest BCUT2D eigenvalue weighted by Gasteiger charge is 2.24. The number of hydrogen-bond acceptors (Lipinski definition) is 4. The van der Waals surface area contributed by atoms with Crippen molar-refractivity contribution in [1.82, 2.24) is 20.4 Å². The molecule has 0 aromatic carbocycles. The molecule has 94 valence electrons. The zero-order chi connectivity index (χ0) is 11.7. The Morgan fingerprint density at radius 3 is 2.82 bits per heavy atom. The van der Waals surface area contributed by atoms with Gasteiger partial charge in [0.25, 0.3) is 0 Å². The molecular formula is C12H21N5. The van der Waals surface area contributed by atoms with Gasteiger partial charge in [0, 0.05) is 37.3 Å². The fraction of sp³-hybridized carbons (Fsp3) is 0.750. The van der Waals surface area contributed by atoms with Crippen molar-refractivity contribution in [2.24, 2.45) is 5.73 Å². The molecule has 0 unspecified atom stereocenters. The number of aromatic nitrogens is 2. The molecule has 0 atom stereocenters. The summed E-state index contributed by atoms with van der Waals surface area (Å²) in [5.74, 6) is 0. The molecule has 0 saturated carbocycles. The van der Waals surface area contributed by atoms with E-state index in [0.717, 1.165) is 38.3 Å². The van der Waals surface area contributed by atoms with Gasteiger partial charge in [-0.05, 0) is 25.9 Å². The first-order valence-corrected chi connectivity index (χ1v) is 6.61. The molecule has 0 bridgehead atoms. The van der Waals surface area contributed by atoms with Gasteiger partial charge in [-0.2, -0.15) is 5.10 Å². The molecule has 4 N–H and O–H groups in total. The van der Waals surface area contributed by atoms with E-state index in [1.807, 2.05) is 0 Å². The van der Waals surface area contributed by atoms with Gasteiger partial charge in [0.15, 0.2) is 0 Å². The largest absolute Gasteiger partial charge is 0.325 e. The number of fused-ring (bicyclic) bond motifs is 1. The van der Waals surface area contributed by atoms with Crippen molar-refractivity contribution in [2.75, 3.05) is 19.6 Å². The highest BCUT2D eigenvalue weighted by atomic mass is 15.3. The molecule has 0 amide bonds. The third kappa shape index (κ3) is 1.99. The Hall–Kier alpha value is -0.910. The first-order valence-electron chi connectivity index (χ1n) is 6.61. The van der Waals surface area contributed by atoms with Gasteiger partial charge in [0.2, 0.25) is 0 Å². The van der Waals surface area contributed by atoms with E-state index in [1.165, 1.54) is 24.1 Å². The molecule has 17 heavy (non-hydrogen) atoms. The first-order chi connectivity index (χ1) is 8.40. The second kappa shape index (κ2) is 4.76. The minimum absolute atomic E-state index is 0.558. The summed E-state index contributed by atoms with van der Waals surface area (Å²) < 4.78 is 2.28. The molecule has 3 rings (SSSR count). The van der Waals surface area contributed by atoms with Crippen molar-refractivity contribution in [2.45, 2.75) is 38.4 Å². The molecule has 0 radical (unpaired) electrons. The monoisotopic (exact) mass is 235 g/mol. The Morgan fingerprint density at radius 1 is 1.24 bits per heavy atom. The summed E-state index contributed by atoms with van der Waals surface area (Å²) in [6.07, 6.45) is 3.46. The van der Waals surface area contributed by atoms with Crippen LogP contribution in [-0.4, -0.2) is 29.4 Å². The third-order valence-corrected chi connectivity index (χ3v) is 3.89. The molecule has 1 aromatic heterocycles. The molecule has 0 spiro atoms. The molecule has 2 aliphatic heterocycles. The van der Waals surface area contributed by atoms with Crippen molar-refractivity contribution < 1.29 is 0 Å². The number of rotatable bonds is 2. The van der Waals surface area contributed by atoms with Gasteiger partial charge in [-0.15, -0.1) is 0 Å². The van der Waals surface area contributed by atoms with E-state index in [2.05, 4.69) is 15.3 Å². The van der Waals surface area contributed by atoms with Crippen LogP contribution in [-0.2, 0) is 19.5 Å². The number of nitrogens with one attached hydrogen (secondary N) is 2. The summed E-state index contributed by atoms with van der Waals surface area (Å²) in [6.45, 7) is 4.77. The van der Waals surface area contributed by atoms with E-state index >= 15 is 0 Å². The summed E-state index contributed by atoms with van der Waals surface area (Å²) in [7, 11) is 0. The SMILES string of the molecule is NCc1nn(C2CCNCC2)c2c1CNCC2. The quantitative estimate of drug-likeness (QED) is 0.670. The van der Waals surface area contributed by atoms with E-state index in [9.17, 15) is 0 Å². The highest BCUT2D eigenvalue weighted by Crippen LogP contribution is 2.26. The summed E-state index contributed by atoms with van der Waals surface area (Å²) in [4.78, 5) is 0. The van der Waals surface area contributed by atoms with Crippen LogP contribution in [0, 0.1) is 0 Å². The van der Waals surface area contributed by atoms with Gasteiger partial charge in [0.05, 0.1) is 11.7 Å². The Bertz CT molecular complexity index is 392. The highest BCUT2D eigenvalue weighted by molar-refractivity contribution is 5.29. The third-order valence-electron chi connectivity index (χ3n) is 3.89. The minimum atomic E-state index is 0.558. The number of piperidine rings is 1. The maximum Gasteiger partial charge on any atom is 0.0808 e. The number of nitrogens with two attached hydrogens (primary N) is 1. The van der Waals surface area contributed by atoms with E-state index in [1.54, 1.807) is 0 Å². The van der Waals surface area contributed by atoms with Crippen LogP contribution < -0.4 is 16.4 Å². The lowest BCUT2D eigenvalue weighted by Crippen LogP contribution is -2.32. The summed E-state index contributed by atoms with van der Waals surface area (Å²) in [6, 6.07) is 0.573. The van der Waals surface area contributed by atoms with Gasteiger partial charge >= 0.3 is 0 Å². The van der Waals surface area contributed by atoms with E-state index in [0.29, 0.717) is 12.6 Å². The smallest absolute Gasteiger partial charge is 0.0808 e. The van der Waals surface area contributed by atoms with Gasteiger partial charge in [-0.3, -0.25) is 4.68 Å². The van der Waals surface area contributed by atoms with Gasteiger partial charge < -0.3 is 16.4 Å². The van der Waals surface area contributed by atoms with E-state index in [4.69, 9.17) is 10.8 Å². The Balaban J connectivity index is 1.95. The lowest BCUT2D eigenvalue weighted by atomic mass is 10.0. The van der Waals surface area contributed by atoms with Crippen molar-refractivity contribution in [3.63, 3.8) is 0 Å². The predicted molar refractivity (Wildman–Crippen MR) is 66.7 cm³/mol. The summed E-state index contributed by atoms with van der Waals surface area (Å²) in [5, 5.41) is 11.6. The molecule has 1 fully saturated rings. The van der Waals surface area contributed by atoms with Crippen molar-refractivity contribution in [3.05, 3.63) is 17.0 Å². The average molecular weight is 235 g/mol. The van der Waals surface area contributed by atoms with E-state index < -0.39 is 0 Å². The van der Waals surface area contributed by atoms with Gasteiger partial charge in [0.1, 0.15) is 0 Å². The number of hydrogen-bond donors (Lipinski definition) is 3. The second-order valence-corrected chi connectivity index (χ2v) is 4.93. The lowest BCUT2D eigenvalue weighted by molar-refractivity contribution is 0.332. The molecule has 0 aliphatic carbocycles. The van der Waals surface area contributed by atoms with Crippen LogP contribution in [0.4, 0.5) is 0 Å². The maximum atomic E-state index is 5.80. The Kier molecular flexibility index (Phi) is 3.13. The minimum Gasteiger partial charge on any atom is -0.325 e. The molecule has 5 heteroatoms. The van der Waals surface area contributed by atoms with Crippen LogP contribution in [0.15, 0.2) is 0 Å². The van der Waals surface area contributed by atoms with Crippen molar-refractivity contribution in [3.8, 4) is 0 Å². The van der Waals surface area contributed by atoms with Crippen LogP contribution in [0.2, 0.25) is 0 Å². The van der Waals surface area contributed by atoms with Crippen LogP contribution in [0.1, 0.15) is 35.8 Å². The molecule has 3 heterocycles. The Labute approximate surface area is 102 Å². The predicted octanol–water partition coefficient (Wildman–Crippen LogP) is -0.0880.